The van der Waals surface area contributed by atoms with Gasteiger partial charge in [-0.25, -0.2) is 0 Å². The summed E-state index contributed by atoms with van der Waals surface area (Å²) in [6.45, 7) is 4.67. The topological polar surface area (TPSA) is 0 Å². The summed E-state index contributed by atoms with van der Waals surface area (Å²) in [7, 11) is 0. The molecule has 2 aliphatic rings. The van der Waals surface area contributed by atoms with E-state index in [-0.39, 0.29) is 0 Å². The monoisotopic (exact) mass is 356 g/mol. The first-order valence-corrected chi connectivity index (χ1v) is 10.8. The predicted octanol–water partition coefficient (Wildman–Crippen LogP) is 8.15. The summed E-state index contributed by atoms with van der Waals surface area (Å²) in [6.07, 6.45) is 13.8. The molecule has 0 fully saturated rings. The zero-order chi connectivity index (χ0) is 18.6. The van der Waals surface area contributed by atoms with Crippen molar-refractivity contribution in [2.45, 2.75) is 58.8 Å². The molecule has 0 nitrogen and oxygen atoms in total. The average Bonchev–Trinajstić information content (AvgIpc) is 2.75. The van der Waals surface area contributed by atoms with Crippen molar-refractivity contribution < 1.29 is 0 Å². The lowest BCUT2D eigenvalue weighted by molar-refractivity contribution is 0.471. The Morgan fingerprint density at radius 2 is 1.15 bits per heavy atom. The molecular formula is C27H32. The standard InChI is InChI=1S/C27H32/c1-3-21-6-10-23(11-7-21)25-14-18-27(19-15-25)26-16-12-24(13-17-26)22-8-4-20(2)5-9-22/h8,10,12-21H,3-7,9,11H2,1-2H3. The van der Waals surface area contributed by atoms with Crippen LogP contribution < -0.4 is 0 Å². The van der Waals surface area contributed by atoms with Crippen LogP contribution in [0.1, 0.15) is 69.9 Å². The van der Waals surface area contributed by atoms with E-state index in [0.29, 0.717) is 0 Å². The molecule has 2 aromatic rings. The largest absolute Gasteiger partial charge is 0.0805 e. The van der Waals surface area contributed by atoms with Crippen molar-refractivity contribution in [3.63, 3.8) is 0 Å². The van der Waals surface area contributed by atoms with Crippen LogP contribution in [-0.4, -0.2) is 0 Å². The summed E-state index contributed by atoms with van der Waals surface area (Å²) in [6, 6.07) is 18.4. The van der Waals surface area contributed by atoms with Gasteiger partial charge < -0.3 is 0 Å². The summed E-state index contributed by atoms with van der Waals surface area (Å²) in [5.41, 5.74) is 8.52. The first-order chi connectivity index (χ1) is 13.2. The quantitative estimate of drug-likeness (QED) is 0.518. The fourth-order valence-corrected chi connectivity index (χ4v) is 4.50. The maximum absolute atomic E-state index is 2.47. The van der Waals surface area contributed by atoms with Crippen LogP contribution in [0.25, 0.3) is 22.3 Å². The highest BCUT2D eigenvalue weighted by Crippen LogP contribution is 2.34. The molecule has 2 aromatic carbocycles. The van der Waals surface area contributed by atoms with Gasteiger partial charge in [-0.1, -0.05) is 81.0 Å². The van der Waals surface area contributed by atoms with Crippen LogP contribution in [0.5, 0.6) is 0 Å². The van der Waals surface area contributed by atoms with Crippen molar-refractivity contribution in [3.05, 3.63) is 71.8 Å². The van der Waals surface area contributed by atoms with Gasteiger partial charge in [-0.15, -0.1) is 0 Å². The van der Waals surface area contributed by atoms with E-state index in [2.05, 4.69) is 74.5 Å². The van der Waals surface area contributed by atoms with E-state index < -0.39 is 0 Å². The van der Waals surface area contributed by atoms with Gasteiger partial charge in [-0.3, -0.25) is 0 Å². The van der Waals surface area contributed by atoms with Crippen molar-refractivity contribution in [2.75, 3.05) is 0 Å². The zero-order valence-corrected chi connectivity index (χ0v) is 16.9. The van der Waals surface area contributed by atoms with E-state index >= 15 is 0 Å². The normalized spacial score (nSPS) is 22.9. The molecule has 27 heavy (non-hydrogen) atoms. The molecule has 2 atom stereocenters. The Balaban J connectivity index is 1.47. The molecule has 0 amide bonds. The van der Waals surface area contributed by atoms with Crippen molar-refractivity contribution in [1.82, 2.24) is 0 Å². The van der Waals surface area contributed by atoms with Gasteiger partial charge in [0.2, 0.25) is 0 Å². The third kappa shape index (κ3) is 4.26. The van der Waals surface area contributed by atoms with Crippen molar-refractivity contribution >= 4 is 11.1 Å². The number of allylic oxidation sites excluding steroid dienone is 4. The number of rotatable bonds is 4. The first kappa shape index (κ1) is 18.3. The Hall–Kier alpha value is -2.08. The minimum absolute atomic E-state index is 0.846. The highest BCUT2D eigenvalue weighted by atomic mass is 14.2. The van der Waals surface area contributed by atoms with Crippen LogP contribution in [0, 0.1) is 11.8 Å². The van der Waals surface area contributed by atoms with Crippen LogP contribution in [-0.2, 0) is 0 Å². The number of hydrogen-bond acceptors (Lipinski definition) is 0. The summed E-state index contributed by atoms with van der Waals surface area (Å²) >= 11 is 0. The molecule has 0 aromatic heterocycles. The fourth-order valence-electron chi connectivity index (χ4n) is 4.50. The molecule has 140 valence electrons. The minimum Gasteiger partial charge on any atom is -0.0805 e. The van der Waals surface area contributed by atoms with Gasteiger partial charge in [0.05, 0.1) is 0 Å². The van der Waals surface area contributed by atoms with Crippen LogP contribution in [0.3, 0.4) is 0 Å². The van der Waals surface area contributed by atoms with E-state index in [4.69, 9.17) is 0 Å². The molecule has 0 aliphatic heterocycles. The van der Waals surface area contributed by atoms with E-state index in [0.717, 1.165) is 11.8 Å². The molecule has 2 unspecified atom stereocenters. The second-order valence-corrected chi connectivity index (χ2v) is 8.54. The predicted molar refractivity (Wildman–Crippen MR) is 118 cm³/mol. The lowest BCUT2D eigenvalue weighted by Crippen LogP contribution is -2.03. The second kappa shape index (κ2) is 8.30. The fraction of sp³-hybridized carbons (Fsp3) is 0.407. The second-order valence-electron chi connectivity index (χ2n) is 8.54. The van der Waals surface area contributed by atoms with Crippen LogP contribution in [0.15, 0.2) is 60.7 Å². The van der Waals surface area contributed by atoms with Gasteiger partial charge >= 0.3 is 0 Å². The highest BCUT2D eigenvalue weighted by Gasteiger charge is 2.14. The van der Waals surface area contributed by atoms with E-state index in [1.165, 1.54) is 72.8 Å². The minimum atomic E-state index is 0.846. The number of hydrogen-bond donors (Lipinski definition) is 0. The Bertz CT molecular complexity index is 817. The van der Waals surface area contributed by atoms with Crippen LogP contribution in [0.2, 0.25) is 0 Å². The van der Waals surface area contributed by atoms with E-state index in [9.17, 15) is 0 Å². The molecule has 0 saturated heterocycles. The van der Waals surface area contributed by atoms with Gasteiger partial charge in [0, 0.05) is 0 Å². The molecule has 0 bridgehead atoms. The lowest BCUT2D eigenvalue weighted by Gasteiger charge is -2.21. The Labute approximate surface area is 165 Å². The van der Waals surface area contributed by atoms with Crippen molar-refractivity contribution in [1.29, 1.82) is 0 Å². The first-order valence-electron chi connectivity index (χ1n) is 10.8. The summed E-state index contributed by atoms with van der Waals surface area (Å²) in [4.78, 5) is 0. The maximum Gasteiger partial charge on any atom is -0.0184 e. The van der Waals surface area contributed by atoms with Gasteiger partial charge in [0.1, 0.15) is 0 Å². The average molecular weight is 357 g/mol. The molecule has 4 rings (SSSR count). The SMILES string of the molecule is CCC1CC=C(c2ccc(-c3ccc(C4=CCC(C)CC4)cc3)cc2)CC1. The molecule has 2 aliphatic carbocycles. The van der Waals surface area contributed by atoms with Crippen molar-refractivity contribution in [2.24, 2.45) is 11.8 Å². The Morgan fingerprint density at radius 3 is 1.56 bits per heavy atom. The molecular weight excluding hydrogens is 324 g/mol. The van der Waals surface area contributed by atoms with E-state index in [1.54, 1.807) is 5.57 Å². The summed E-state index contributed by atoms with van der Waals surface area (Å²) in [5.74, 6) is 1.74. The zero-order valence-electron chi connectivity index (χ0n) is 16.9. The molecule has 0 heteroatoms. The smallest absolute Gasteiger partial charge is 0.0184 e. The summed E-state index contributed by atoms with van der Waals surface area (Å²) in [5, 5.41) is 0. The molecule has 0 saturated carbocycles. The van der Waals surface area contributed by atoms with Gasteiger partial charge in [-0.2, -0.15) is 0 Å². The number of benzene rings is 2. The Morgan fingerprint density at radius 1 is 0.667 bits per heavy atom. The third-order valence-corrected chi connectivity index (χ3v) is 6.61. The van der Waals surface area contributed by atoms with Crippen molar-refractivity contribution in [3.8, 4) is 11.1 Å². The maximum atomic E-state index is 2.47. The van der Waals surface area contributed by atoms with Crippen LogP contribution >= 0.6 is 0 Å². The molecule has 0 heterocycles. The van der Waals surface area contributed by atoms with Gasteiger partial charge in [0.15, 0.2) is 0 Å². The third-order valence-electron chi connectivity index (χ3n) is 6.61. The van der Waals surface area contributed by atoms with E-state index in [1.807, 2.05) is 0 Å². The van der Waals surface area contributed by atoms with Gasteiger partial charge in [-0.05, 0) is 83.8 Å². The molecule has 0 radical (unpaired) electrons. The molecule has 0 N–H and O–H groups in total. The highest BCUT2D eigenvalue weighted by molar-refractivity contribution is 5.73. The molecule has 0 spiro atoms. The van der Waals surface area contributed by atoms with Crippen LogP contribution in [0.4, 0.5) is 0 Å². The van der Waals surface area contributed by atoms with Gasteiger partial charge in [0.25, 0.3) is 0 Å². The lowest BCUT2D eigenvalue weighted by atomic mass is 9.85. The summed E-state index contributed by atoms with van der Waals surface area (Å²) < 4.78 is 0. The Kier molecular flexibility index (Phi) is 5.62.